The van der Waals surface area contributed by atoms with Gasteiger partial charge in [-0.25, -0.2) is 4.79 Å². The predicted octanol–water partition coefficient (Wildman–Crippen LogP) is 3.46. The predicted molar refractivity (Wildman–Crippen MR) is 94.6 cm³/mol. The molecule has 7 heteroatoms. The van der Waals surface area contributed by atoms with E-state index in [9.17, 15) is 9.59 Å². The third-order valence-electron chi connectivity index (χ3n) is 3.42. The number of rotatable bonds is 6. The van der Waals surface area contributed by atoms with Crippen molar-refractivity contribution in [2.45, 2.75) is 6.92 Å². The Labute approximate surface area is 150 Å². The fourth-order valence-electron chi connectivity index (χ4n) is 2.15. The molecular formula is C18H18ClNO5. The van der Waals surface area contributed by atoms with Crippen molar-refractivity contribution in [1.82, 2.24) is 0 Å². The number of para-hydroxylation sites is 1. The lowest BCUT2D eigenvalue weighted by atomic mass is 10.2. The highest BCUT2D eigenvalue weighted by molar-refractivity contribution is 6.32. The van der Waals surface area contributed by atoms with Crippen LogP contribution in [0.2, 0.25) is 5.02 Å². The first-order valence-corrected chi connectivity index (χ1v) is 7.78. The van der Waals surface area contributed by atoms with Gasteiger partial charge >= 0.3 is 5.97 Å². The van der Waals surface area contributed by atoms with Crippen molar-refractivity contribution < 1.29 is 23.8 Å². The van der Waals surface area contributed by atoms with E-state index in [0.29, 0.717) is 17.2 Å². The maximum atomic E-state index is 12.1. The van der Waals surface area contributed by atoms with Crippen molar-refractivity contribution in [2.75, 3.05) is 26.1 Å². The lowest BCUT2D eigenvalue weighted by Crippen LogP contribution is -2.21. The Bertz CT molecular complexity index is 791. The summed E-state index contributed by atoms with van der Waals surface area (Å²) in [7, 11) is 2.87. The summed E-state index contributed by atoms with van der Waals surface area (Å²) in [5.74, 6) is -0.513. The molecule has 132 valence electrons. The number of hydrogen-bond acceptors (Lipinski definition) is 5. The molecule has 0 unspecified atom stereocenters. The van der Waals surface area contributed by atoms with Crippen molar-refractivity contribution in [3.8, 4) is 11.5 Å². The summed E-state index contributed by atoms with van der Waals surface area (Å²) in [6.45, 7) is 1.45. The number of hydrogen-bond donors (Lipinski definition) is 1. The molecule has 0 atom stereocenters. The smallest absolute Gasteiger partial charge is 0.338 e. The van der Waals surface area contributed by atoms with Crippen molar-refractivity contribution in [2.24, 2.45) is 0 Å². The van der Waals surface area contributed by atoms with Crippen LogP contribution >= 0.6 is 11.6 Å². The molecule has 0 aromatic heterocycles. The highest BCUT2D eigenvalue weighted by Crippen LogP contribution is 2.36. The van der Waals surface area contributed by atoms with Crippen LogP contribution in [0.3, 0.4) is 0 Å². The number of halogens is 1. The van der Waals surface area contributed by atoms with Crippen LogP contribution in [-0.2, 0) is 9.53 Å². The molecule has 0 aliphatic carbocycles. The molecule has 0 aliphatic heterocycles. The number of aryl methyl sites for hydroxylation is 1. The molecule has 2 aromatic rings. The standard InChI is InChI=1S/C18H18ClNO5/c1-11-6-4-5-7-14(11)20-16(21)10-25-18(22)12-8-13(19)17(24-3)15(9-12)23-2/h4-9H,10H2,1-3H3,(H,20,21). The van der Waals surface area contributed by atoms with Crippen LogP contribution in [0.1, 0.15) is 15.9 Å². The monoisotopic (exact) mass is 363 g/mol. The number of anilines is 1. The van der Waals surface area contributed by atoms with Gasteiger partial charge in [0.25, 0.3) is 5.91 Å². The molecule has 0 aliphatic rings. The zero-order chi connectivity index (χ0) is 18.4. The van der Waals surface area contributed by atoms with E-state index in [0.717, 1.165) is 5.56 Å². The van der Waals surface area contributed by atoms with E-state index in [1.165, 1.54) is 26.4 Å². The van der Waals surface area contributed by atoms with Crippen molar-refractivity contribution >= 4 is 29.2 Å². The van der Waals surface area contributed by atoms with Crippen LogP contribution in [0.5, 0.6) is 11.5 Å². The zero-order valence-electron chi connectivity index (χ0n) is 14.1. The van der Waals surface area contributed by atoms with E-state index in [2.05, 4.69) is 5.32 Å². The first kappa shape index (κ1) is 18.6. The largest absolute Gasteiger partial charge is 0.493 e. The summed E-state index contributed by atoms with van der Waals surface area (Å²) in [4.78, 5) is 24.1. The second kappa shape index (κ2) is 8.39. The van der Waals surface area contributed by atoms with E-state index in [1.807, 2.05) is 19.1 Å². The van der Waals surface area contributed by atoms with Gasteiger partial charge in [-0.15, -0.1) is 0 Å². The number of nitrogens with one attached hydrogen (secondary N) is 1. The summed E-state index contributed by atoms with van der Waals surface area (Å²) in [5, 5.41) is 2.89. The molecule has 0 radical (unpaired) electrons. The lowest BCUT2D eigenvalue weighted by Gasteiger charge is -2.12. The summed E-state index contributed by atoms with van der Waals surface area (Å²) in [6.07, 6.45) is 0. The zero-order valence-corrected chi connectivity index (χ0v) is 14.8. The Kier molecular flexibility index (Phi) is 6.25. The van der Waals surface area contributed by atoms with Gasteiger partial charge in [0.05, 0.1) is 24.8 Å². The molecule has 1 N–H and O–H groups in total. The summed E-state index contributed by atoms with van der Waals surface area (Å²) < 4.78 is 15.3. The minimum absolute atomic E-state index is 0.159. The number of methoxy groups -OCH3 is 2. The minimum Gasteiger partial charge on any atom is -0.493 e. The molecule has 0 heterocycles. The maximum absolute atomic E-state index is 12.1. The van der Waals surface area contributed by atoms with Crippen LogP contribution in [0, 0.1) is 6.92 Å². The van der Waals surface area contributed by atoms with Crippen molar-refractivity contribution in [3.63, 3.8) is 0 Å². The second-order valence-corrected chi connectivity index (χ2v) is 5.54. The molecule has 2 aromatic carbocycles. The summed E-state index contributed by atoms with van der Waals surface area (Å²) >= 11 is 6.05. The minimum atomic E-state index is -0.692. The molecule has 2 rings (SSSR count). The summed E-state index contributed by atoms with van der Waals surface area (Å²) in [6, 6.07) is 10.1. The Morgan fingerprint density at radius 1 is 1.12 bits per heavy atom. The topological polar surface area (TPSA) is 73.9 Å². The molecule has 1 amide bonds. The van der Waals surface area contributed by atoms with Gasteiger partial charge in [0, 0.05) is 5.69 Å². The molecule has 25 heavy (non-hydrogen) atoms. The maximum Gasteiger partial charge on any atom is 0.338 e. The average Bonchev–Trinajstić information content (AvgIpc) is 2.60. The van der Waals surface area contributed by atoms with Crippen LogP contribution in [0.4, 0.5) is 5.69 Å². The first-order chi connectivity index (χ1) is 12.0. The number of carbonyl (C=O) groups is 2. The SMILES string of the molecule is COc1cc(C(=O)OCC(=O)Nc2ccccc2C)cc(Cl)c1OC. The number of benzene rings is 2. The summed E-state index contributed by atoms with van der Waals surface area (Å²) in [5.41, 5.74) is 1.73. The number of esters is 1. The van der Waals surface area contributed by atoms with E-state index >= 15 is 0 Å². The third-order valence-corrected chi connectivity index (χ3v) is 3.70. The molecule has 0 spiro atoms. The van der Waals surface area contributed by atoms with Gasteiger partial charge in [-0.05, 0) is 30.7 Å². The van der Waals surface area contributed by atoms with E-state index in [-0.39, 0.29) is 10.6 Å². The van der Waals surface area contributed by atoms with Crippen LogP contribution < -0.4 is 14.8 Å². The van der Waals surface area contributed by atoms with Crippen LogP contribution in [-0.4, -0.2) is 32.7 Å². The van der Waals surface area contributed by atoms with Gasteiger partial charge in [0.1, 0.15) is 0 Å². The van der Waals surface area contributed by atoms with Crippen molar-refractivity contribution in [3.05, 3.63) is 52.5 Å². The molecular weight excluding hydrogens is 346 g/mol. The molecule has 0 fully saturated rings. The highest BCUT2D eigenvalue weighted by atomic mass is 35.5. The Morgan fingerprint density at radius 3 is 2.48 bits per heavy atom. The first-order valence-electron chi connectivity index (χ1n) is 7.40. The van der Waals surface area contributed by atoms with Gasteiger partial charge in [-0.3, -0.25) is 4.79 Å². The van der Waals surface area contributed by atoms with Crippen LogP contribution in [0.15, 0.2) is 36.4 Å². The number of ether oxygens (including phenoxy) is 3. The fraction of sp³-hybridized carbons (Fsp3) is 0.222. The molecule has 0 saturated heterocycles. The Hall–Kier alpha value is -2.73. The van der Waals surface area contributed by atoms with Gasteiger partial charge in [0.2, 0.25) is 0 Å². The highest BCUT2D eigenvalue weighted by Gasteiger charge is 2.17. The van der Waals surface area contributed by atoms with E-state index < -0.39 is 18.5 Å². The van der Waals surface area contributed by atoms with Crippen molar-refractivity contribution in [1.29, 1.82) is 0 Å². The third kappa shape index (κ3) is 4.64. The molecule has 0 bridgehead atoms. The van der Waals surface area contributed by atoms with Crippen LogP contribution in [0.25, 0.3) is 0 Å². The number of carbonyl (C=O) groups excluding carboxylic acids is 2. The molecule has 0 saturated carbocycles. The second-order valence-electron chi connectivity index (χ2n) is 5.13. The Morgan fingerprint density at radius 2 is 1.84 bits per heavy atom. The van der Waals surface area contributed by atoms with Gasteiger partial charge < -0.3 is 19.5 Å². The normalized spacial score (nSPS) is 10.1. The number of amides is 1. The fourth-order valence-corrected chi connectivity index (χ4v) is 2.44. The lowest BCUT2D eigenvalue weighted by molar-refractivity contribution is -0.119. The van der Waals surface area contributed by atoms with Gasteiger partial charge in [-0.2, -0.15) is 0 Å². The van der Waals surface area contributed by atoms with Gasteiger partial charge in [0.15, 0.2) is 18.1 Å². The van der Waals surface area contributed by atoms with E-state index in [4.69, 9.17) is 25.8 Å². The Balaban J connectivity index is 2.01. The van der Waals surface area contributed by atoms with Gasteiger partial charge in [-0.1, -0.05) is 29.8 Å². The van der Waals surface area contributed by atoms with E-state index in [1.54, 1.807) is 12.1 Å². The average molecular weight is 364 g/mol. The quantitative estimate of drug-likeness (QED) is 0.795. The molecule has 6 nitrogen and oxygen atoms in total.